The fourth-order valence-electron chi connectivity index (χ4n) is 2.86. The second-order valence-electron chi connectivity index (χ2n) is 5.42. The van der Waals surface area contributed by atoms with E-state index in [1.54, 1.807) is 0 Å². The number of phenolic OH excluding ortho intramolecular Hbond substituents is 2. The molecule has 20 heavy (non-hydrogen) atoms. The lowest BCUT2D eigenvalue weighted by Gasteiger charge is -2.30. The first-order valence-corrected chi connectivity index (χ1v) is 7.14. The average Bonchev–Trinajstić information content (AvgIpc) is 2.48. The molecule has 5 nitrogen and oxygen atoms in total. The second-order valence-corrected chi connectivity index (χ2v) is 5.42. The van der Waals surface area contributed by atoms with Gasteiger partial charge in [0.15, 0.2) is 0 Å². The molecule has 0 bridgehead atoms. The first-order chi connectivity index (χ1) is 9.61. The smallest absolute Gasteiger partial charge is 0.255 e. The van der Waals surface area contributed by atoms with Crippen LogP contribution in [0.3, 0.4) is 0 Å². The molecule has 5 heteroatoms. The average molecular weight is 278 g/mol. The van der Waals surface area contributed by atoms with Crippen molar-refractivity contribution >= 4 is 5.91 Å². The fourth-order valence-corrected chi connectivity index (χ4v) is 2.86. The quantitative estimate of drug-likeness (QED) is 0.631. The predicted octanol–water partition coefficient (Wildman–Crippen LogP) is 1.74. The van der Waals surface area contributed by atoms with Gasteiger partial charge in [0, 0.05) is 12.6 Å². The number of amides is 1. The number of hydrogen-bond donors (Lipinski definition) is 4. The van der Waals surface area contributed by atoms with E-state index in [0.29, 0.717) is 12.5 Å². The summed E-state index contributed by atoms with van der Waals surface area (Å²) in [5.41, 5.74) is 5.85. The minimum absolute atomic E-state index is 0.0464. The van der Waals surface area contributed by atoms with Gasteiger partial charge in [-0.05, 0) is 37.0 Å². The van der Waals surface area contributed by atoms with Crippen molar-refractivity contribution in [1.82, 2.24) is 5.32 Å². The van der Waals surface area contributed by atoms with Crippen molar-refractivity contribution in [2.45, 2.75) is 38.1 Å². The van der Waals surface area contributed by atoms with E-state index in [1.165, 1.54) is 37.5 Å². The van der Waals surface area contributed by atoms with Crippen molar-refractivity contribution in [2.75, 3.05) is 6.54 Å². The standard InChI is InChI=1S/C15H22N2O3/c16-9-13(10-4-2-1-3-5-10)17-15(20)12-8-11(18)6-7-14(12)19/h6-8,10,13,18-19H,1-5,9,16H2,(H,17,20). The molecule has 1 amide bonds. The van der Waals surface area contributed by atoms with Gasteiger partial charge in [0.25, 0.3) is 5.91 Å². The number of carbonyl (C=O) groups is 1. The summed E-state index contributed by atoms with van der Waals surface area (Å²) in [5, 5.41) is 22.0. The molecule has 1 aliphatic rings. The lowest BCUT2D eigenvalue weighted by molar-refractivity contribution is 0.0912. The highest BCUT2D eigenvalue weighted by Crippen LogP contribution is 2.27. The van der Waals surface area contributed by atoms with Crippen molar-refractivity contribution in [3.8, 4) is 11.5 Å². The Labute approximate surface area is 118 Å². The van der Waals surface area contributed by atoms with Crippen molar-refractivity contribution in [1.29, 1.82) is 0 Å². The first kappa shape index (κ1) is 14.7. The molecule has 0 saturated heterocycles. The predicted molar refractivity (Wildman–Crippen MR) is 76.7 cm³/mol. The monoisotopic (exact) mass is 278 g/mol. The number of rotatable bonds is 4. The maximum atomic E-state index is 12.2. The van der Waals surface area contributed by atoms with E-state index in [2.05, 4.69) is 5.32 Å². The maximum absolute atomic E-state index is 12.2. The van der Waals surface area contributed by atoms with E-state index in [9.17, 15) is 15.0 Å². The van der Waals surface area contributed by atoms with Crippen molar-refractivity contribution in [3.05, 3.63) is 23.8 Å². The van der Waals surface area contributed by atoms with Crippen molar-refractivity contribution < 1.29 is 15.0 Å². The van der Waals surface area contributed by atoms with Crippen LogP contribution in [0.4, 0.5) is 0 Å². The summed E-state index contributed by atoms with van der Waals surface area (Å²) < 4.78 is 0. The van der Waals surface area contributed by atoms with Gasteiger partial charge < -0.3 is 21.3 Å². The van der Waals surface area contributed by atoms with Crippen LogP contribution in [0.2, 0.25) is 0 Å². The van der Waals surface area contributed by atoms with Crippen LogP contribution in [0, 0.1) is 5.92 Å². The highest BCUT2D eigenvalue weighted by atomic mass is 16.3. The molecule has 0 aromatic heterocycles. The fraction of sp³-hybridized carbons (Fsp3) is 0.533. The Bertz CT molecular complexity index is 470. The van der Waals surface area contributed by atoms with Gasteiger partial charge >= 0.3 is 0 Å². The topological polar surface area (TPSA) is 95.6 Å². The number of nitrogens with two attached hydrogens (primary N) is 1. The van der Waals surface area contributed by atoms with Gasteiger partial charge in [0.05, 0.1) is 5.56 Å². The van der Waals surface area contributed by atoms with Crippen LogP contribution >= 0.6 is 0 Å². The van der Waals surface area contributed by atoms with Crippen LogP contribution in [0.25, 0.3) is 0 Å². The Hall–Kier alpha value is -1.75. The summed E-state index contributed by atoms with van der Waals surface area (Å²) in [6, 6.07) is 3.83. The van der Waals surface area contributed by atoms with Gasteiger partial charge in [-0.2, -0.15) is 0 Å². The van der Waals surface area contributed by atoms with E-state index in [1.807, 2.05) is 0 Å². The summed E-state index contributed by atoms with van der Waals surface area (Å²) >= 11 is 0. The van der Waals surface area contributed by atoms with E-state index >= 15 is 0 Å². The second kappa shape index (κ2) is 6.61. The van der Waals surface area contributed by atoms with Gasteiger partial charge in [-0.25, -0.2) is 0 Å². The molecule has 0 radical (unpaired) electrons. The van der Waals surface area contributed by atoms with Crippen LogP contribution < -0.4 is 11.1 Å². The number of benzene rings is 1. The van der Waals surface area contributed by atoms with Crippen LogP contribution in [0.15, 0.2) is 18.2 Å². The first-order valence-electron chi connectivity index (χ1n) is 7.14. The molecule has 1 unspecified atom stereocenters. The van der Waals surface area contributed by atoms with Gasteiger partial charge in [-0.15, -0.1) is 0 Å². The summed E-state index contributed by atoms with van der Waals surface area (Å²) in [4.78, 5) is 12.2. The highest BCUT2D eigenvalue weighted by molar-refractivity contribution is 5.97. The largest absolute Gasteiger partial charge is 0.508 e. The Morgan fingerprint density at radius 3 is 2.65 bits per heavy atom. The zero-order chi connectivity index (χ0) is 14.5. The lowest BCUT2D eigenvalue weighted by atomic mass is 9.84. The zero-order valence-corrected chi connectivity index (χ0v) is 11.5. The number of phenols is 2. The zero-order valence-electron chi connectivity index (χ0n) is 11.5. The van der Waals surface area contributed by atoms with Crippen LogP contribution in [-0.2, 0) is 0 Å². The van der Waals surface area contributed by atoms with Crippen LogP contribution in [0.1, 0.15) is 42.5 Å². The van der Waals surface area contributed by atoms with Gasteiger partial charge in [-0.1, -0.05) is 19.3 Å². The normalized spacial score (nSPS) is 17.6. The Morgan fingerprint density at radius 1 is 1.30 bits per heavy atom. The molecule has 1 aliphatic carbocycles. The molecule has 1 aromatic carbocycles. The van der Waals surface area contributed by atoms with E-state index in [-0.39, 0.29) is 29.0 Å². The molecule has 1 fully saturated rings. The molecule has 0 heterocycles. The van der Waals surface area contributed by atoms with Crippen molar-refractivity contribution in [2.24, 2.45) is 11.7 Å². The molecule has 1 atom stereocenters. The molecule has 0 spiro atoms. The van der Waals surface area contributed by atoms with Gasteiger partial charge in [0.1, 0.15) is 11.5 Å². The number of nitrogens with one attached hydrogen (secondary N) is 1. The molecular weight excluding hydrogens is 256 g/mol. The third-order valence-corrected chi connectivity index (χ3v) is 4.01. The number of carbonyl (C=O) groups excluding carboxylic acids is 1. The van der Waals surface area contributed by atoms with Gasteiger partial charge in [0.2, 0.25) is 0 Å². The van der Waals surface area contributed by atoms with E-state index < -0.39 is 0 Å². The Balaban J connectivity index is 2.06. The van der Waals surface area contributed by atoms with E-state index in [4.69, 9.17) is 5.73 Å². The molecule has 1 saturated carbocycles. The highest BCUT2D eigenvalue weighted by Gasteiger charge is 2.25. The molecule has 0 aliphatic heterocycles. The minimum Gasteiger partial charge on any atom is -0.508 e. The lowest BCUT2D eigenvalue weighted by Crippen LogP contribution is -2.45. The van der Waals surface area contributed by atoms with Crippen LogP contribution in [-0.4, -0.2) is 28.7 Å². The Kier molecular flexibility index (Phi) is 4.84. The molecule has 110 valence electrons. The minimum atomic E-state index is -0.389. The summed E-state index contributed by atoms with van der Waals surface area (Å²) in [6.07, 6.45) is 5.75. The molecular formula is C15H22N2O3. The number of hydrogen-bond acceptors (Lipinski definition) is 4. The SMILES string of the molecule is NCC(NC(=O)c1cc(O)ccc1O)C1CCCCC1. The summed E-state index contributed by atoms with van der Waals surface area (Å²) in [5.74, 6) is -0.175. The third kappa shape index (κ3) is 3.42. The molecule has 2 rings (SSSR count). The van der Waals surface area contributed by atoms with Crippen molar-refractivity contribution in [3.63, 3.8) is 0 Å². The molecule has 1 aromatic rings. The maximum Gasteiger partial charge on any atom is 0.255 e. The van der Waals surface area contributed by atoms with E-state index in [0.717, 1.165) is 12.8 Å². The van der Waals surface area contributed by atoms with Crippen LogP contribution in [0.5, 0.6) is 11.5 Å². The third-order valence-electron chi connectivity index (χ3n) is 4.01. The summed E-state index contributed by atoms with van der Waals surface area (Å²) in [6.45, 7) is 0.385. The number of aromatic hydroxyl groups is 2. The Morgan fingerprint density at radius 2 is 2.00 bits per heavy atom. The van der Waals surface area contributed by atoms with Gasteiger partial charge in [-0.3, -0.25) is 4.79 Å². The molecule has 5 N–H and O–H groups in total. The summed E-state index contributed by atoms with van der Waals surface area (Å²) in [7, 11) is 0.